The van der Waals surface area contributed by atoms with Crippen molar-refractivity contribution in [1.29, 1.82) is 0 Å². The van der Waals surface area contributed by atoms with E-state index in [9.17, 15) is 4.79 Å². The van der Waals surface area contributed by atoms with Crippen LogP contribution in [-0.4, -0.2) is 25.5 Å². The minimum Gasteiger partial charge on any atom is -0.362 e. The Kier molecular flexibility index (Phi) is 6.58. The number of carbonyl (C=O) groups excluding carboxylic acids is 1. The molecule has 0 aromatic heterocycles. The molecule has 1 aromatic rings. The number of hydrogen-bond donors (Lipinski definition) is 1. The van der Waals surface area contributed by atoms with Crippen LogP contribution in [0.15, 0.2) is 24.3 Å². The molecule has 0 fully saturated rings. The van der Waals surface area contributed by atoms with Gasteiger partial charge in [-0.15, -0.1) is 0 Å². The van der Waals surface area contributed by atoms with Crippen LogP contribution in [0.3, 0.4) is 0 Å². The van der Waals surface area contributed by atoms with Crippen LogP contribution in [0.25, 0.3) is 0 Å². The van der Waals surface area contributed by atoms with Crippen LogP contribution in [0.4, 0.5) is 5.69 Å². The van der Waals surface area contributed by atoms with Crippen LogP contribution >= 0.6 is 0 Å². The number of anilines is 1. The Morgan fingerprint density at radius 3 is 2.86 bits per heavy atom. The summed E-state index contributed by atoms with van der Waals surface area (Å²) in [6.07, 6.45) is 8.45. The molecular weight excluding hydrogens is 260 g/mol. The Labute approximate surface area is 128 Å². The lowest BCUT2D eigenvalue weighted by molar-refractivity contribution is -0.119. The molecule has 2 rings (SSSR count). The number of carbonyl (C=O) groups is 1. The molecular formula is C18H28N2O. The number of amides is 1. The molecule has 0 saturated heterocycles. The number of fused-ring (bicyclic) bond motifs is 1. The fourth-order valence-corrected chi connectivity index (χ4v) is 2.96. The molecule has 0 atom stereocenters. The summed E-state index contributed by atoms with van der Waals surface area (Å²) in [4.78, 5) is 14.3. The van der Waals surface area contributed by atoms with Crippen LogP contribution in [-0.2, 0) is 11.2 Å². The normalized spacial score (nSPS) is 13.9. The van der Waals surface area contributed by atoms with Gasteiger partial charge in [0.15, 0.2) is 0 Å². The molecule has 3 heteroatoms. The van der Waals surface area contributed by atoms with E-state index >= 15 is 0 Å². The fraction of sp³-hybridized carbons (Fsp3) is 0.611. The van der Waals surface area contributed by atoms with Gasteiger partial charge in [0.2, 0.25) is 5.91 Å². The highest BCUT2D eigenvalue weighted by Gasteiger charge is 2.18. The van der Waals surface area contributed by atoms with Gasteiger partial charge >= 0.3 is 0 Å². The average Bonchev–Trinajstić information content (AvgIpc) is 2.51. The van der Waals surface area contributed by atoms with Crippen molar-refractivity contribution in [2.24, 2.45) is 0 Å². The second-order valence-corrected chi connectivity index (χ2v) is 5.92. The molecule has 1 aromatic carbocycles. The third-order valence-electron chi connectivity index (χ3n) is 4.14. The number of nitrogens with zero attached hydrogens (tertiary/aromatic N) is 1. The first-order valence-corrected chi connectivity index (χ1v) is 8.41. The zero-order valence-corrected chi connectivity index (χ0v) is 13.2. The fourth-order valence-electron chi connectivity index (χ4n) is 2.96. The zero-order chi connectivity index (χ0) is 14.9. The largest absolute Gasteiger partial charge is 0.362 e. The Bertz CT molecular complexity index is 445. The molecule has 1 N–H and O–H groups in total. The summed E-state index contributed by atoms with van der Waals surface area (Å²) in [5.74, 6) is 0.155. The molecule has 1 aliphatic rings. The lowest BCUT2D eigenvalue weighted by atomic mass is 10.0. The molecule has 0 bridgehead atoms. The van der Waals surface area contributed by atoms with Crippen molar-refractivity contribution in [3.63, 3.8) is 0 Å². The summed E-state index contributed by atoms with van der Waals surface area (Å²) in [6, 6.07) is 8.45. The lowest BCUT2D eigenvalue weighted by Crippen LogP contribution is -2.40. The topological polar surface area (TPSA) is 32.3 Å². The van der Waals surface area contributed by atoms with E-state index in [1.165, 1.54) is 36.9 Å². The van der Waals surface area contributed by atoms with E-state index in [4.69, 9.17) is 0 Å². The van der Waals surface area contributed by atoms with Crippen LogP contribution in [0, 0.1) is 0 Å². The van der Waals surface area contributed by atoms with Gasteiger partial charge in [0.05, 0.1) is 6.54 Å². The van der Waals surface area contributed by atoms with Crippen molar-refractivity contribution in [3.8, 4) is 0 Å². The molecule has 3 nitrogen and oxygen atoms in total. The molecule has 0 radical (unpaired) electrons. The lowest BCUT2D eigenvalue weighted by Gasteiger charge is -2.30. The summed E-state index contributed by atoms with van der Waals surface area (Å²) in [6.45, 7) is 4.52. The predicted molar refractivity (Wildman–Crippen MR) is 88.7 cm³/mol. The molecule has 21 heavy (non-hydrogen) atoms. The Morgan fingerprint density at radius 1 is 1.19 bits per heavy atom. The van der Waals surface area contributed by atoms with Crippen molar-refractivity contribution in [3.05, 3.63) is 29.8 Å². The first kappa shape index (κ1) is 15.9. The smallest absolute Gasteiger partial charge is 0.239 e. The predicted octanol–water partition coefficient (Wildman–Crippen LogP) is 3.53. The van der Waals surface area contributed by atoms with Gasteiger partial charge in [0, 0.05) is 18.8 Å². The first-order valence-electron chi connectivity index (χ1n) is 8.41. The van der Waals surface area contributed by atoms with Crippen molar-refractivity contribution >= 4 is 11.6 Å². The zero-order valence-electron chi connectivity index (χ0n) is 13.2. The molecule has 1 aliphatic heterocycles. The maximum Gasteiger partial charge on any atom is 0.239 e. The van der Waals surface area contributed by atoms with E-state index in [0.29, 0.717) is 6.54 Å². The molecule has 116 valence electrons. The molecule has 1 heterocycles. The monoisotopic (exact) mass is 288 g/mol. The highest BCUT2D eigenvalue weighted by molar-refractivity contribution is 5.81. The first-order chi connectivity index (χ1) is 10.3. The Hall–Kier alpha value is -1.51. The number of nitrogens with one attached hydrogen (secondary N) is 1. The van der Waals surface area contributed by atoms with Crippen molar-refractivity contribution < 1.29 is 4.79 Å². The van der Waals surface area contributed by atoms with Gasteiger partial charge in [-0.2, -0.15) is 0 Å². The molecule has 0 aliphatic carbocycles. The maximum absolute atomic E-state index is 12.1. The molecule has 1 amide bonds. The number of hydrogen-bond acceptors (Lipinski definition) is 2. The summed E-state index contributed by atoms with van der Waals surface area (Å²) in [5.41, 5.74) is 2.61. The number of para-hydroxylation sites is 1. The van der Waals surface area contributed by atoms with Crippen molar-refractivity contribution in [2.75, 3.05) is 24.5 Å². The molecule has 0 unspecified atom stereocenters. The third-order valence-corrected chi connectivity index (χ3v) is 4.14. The second-order valence-electron chi connectivity index (χ2n) is 5.92. The van der Waals surface area contributed by atoms with Crippen LogP contribution in [0.5, 0.6) is 0 Å². The SMILES string of the molecule is CCCCCCCNC(=O)CN1CCCc2ccccc21. The van der Waals surface area contributed by atoms with Gasteiger partial charge < -0.3 is 10.2 Å². The van der Waals surface area contributed by atoms with Gasteiger partial charge in [-0.3, -0.25) is 4.79 Å². The van der Waals surface area contributed by atoms with Crippen LogP contribution < -0.4 is 10.2 Å². The Balaban J connectivity index is 1.71. The maximum atomic E-state index is 12.1. The quantitative estimate of drug-likeness (QED) is 0.742. The van der Waals surface area contributed by atoms with E-state index in [-0.39, 0.29) is 5.91 Å². The number of rotatable bonds is 8. The van der Waals surface area contributed by atoms with Gasteiger partial charge in [0.25, 0.3) is 0 Å². The van der Waals surface area contributed by atoms with Gasteiger partial charge in [0.1, 0.15) is 0 Å². The summed E-state index contributed by atoms with van der Waals surface area (Å²) < 4.78 is 0. The van der Waals surface area contributed by atoms with Gasteiger partial charge in [-0.25, -0.2) is 0 Å². The number of unbranched alkanes of at least 4 members (excludes halogenated alkanes) is 4. The molecule has 0 saturated carbocycles. The minimum absolute atomic E-state index is 0.155. The summed E-state index contributed by atoms with van der Waals surface area (Å²) in [5, 5.41) is 3.06. The van der Waals surface area contributed by atoms with Crippen molar-refractivity contribution in [1.82, 2.24) is 5.32 Å². The highest BCUT2D eigenvalue weighted by atomic mass is 16.2. The standard InChI is InChI=1S/C18H28N2O/c1-2-3-4-5-8-13-19-18(21)15-20-14-9-11-16-10-6-7-12-17(16)20/h6-7,10,12H,2-5,8-9,11,13-15H2,1H3,(H,19,21). The van der Waals surface area contributed by atoms with Crippen LogP contribution in [0.2, 0.25) is 0 Å². The summed E-state index contributed by atoms with van der Waals surface area (Å²) >= 11 is 0. The van der Waals surface area contributed by atoms with E-state index in [1.807, 2.05) is 0 Å². The second kappa shape index (κ2) is 8.71. The van der Waals surface area contributed by atoms with Gasteiger partial charge in [-0.05, 0) is 30.9 Å². The minimum atomic E-state index is 0.155. The Morgan fingerprint density at radius 2 is 2.00 bits per heavy atom. The number of aryl methyl sites for hydroxylation is 1. The number of benzene rings is 1. The molecule has 0 spiro atoms. The van der Waals surface area contributed by atoms with Crippen LogP contribution in [0.1, 0.15) is 51.0 Å². The highest BCUT2D eigenvalue weighted by Crippen LogP contribution is 2.26. The van der Waals surface area contributed by atoms with E-state index < -0.39 is 0 Å². The van der Waals surface area contributed by atoms with Crippen molar-refractivity contribution in [2.45, 2.75) is 51.9 Å². The van der Waals surface area contributed by atoms with Gasteiger partial charge in [-0.1, -0.05) is 50.8 Å². The summed E-state index contributed by atoms with van der Waals surface area (Å²) in [7, 11) is 0. The van der Waals surface area contributed by atoms with E-state index in [1.54, 1.807) is 0 Å². The van der Waals surface area contributed by atoms with E-state index in [0.717, 1.165) is 32.4 Å². The third kappa shape index (κ3) is 5.07. The van der Waals surface area contributed by atoms with E-state index in [2.05, 4.69) is 41.4 Å². The average molecular weight is 288 g/mol.